The van der Waals surface area contributed by atoms with E-state index in [1.165, 1.54) is 0 Å². The van der Waals surface area contributed by atoms with Crippen molar-refractivity contribution in [3.05, 3.63) is 12.0 Å². The van der Waals surface area contributed by atoms with Crippen molar-refractivity contribution in [2.24, 2.45) is 5.92 Å². The molecule has 0 aromatic rings. The van der Waals surface area contributed by atoms with E-state index in [-0.39, 0.29) is 38.2 Å². The number of hydrogen-bond donors (Lipinski definition) is 5. The van der Waals surface area contributed by atoms with Gasteiger partial charge in [-0.05, 0) is 0 Å². The van der Waals surface area contributed by atoms with Gasteiger partial charge in [-0.1, -0.05) is 27.7 Å². The molecule has 1 heterocycles. The Labute approximate surface area is 178 Å². The first-order chi connectivity index (χ1) is 10.8. The molecule has 1 aliphatic heterocycles. The molecule has 0 saturated carbocycles. The molecule has 0 amide bonds. The zero-order valence-electron chi connectivity index (χ0n) is 15.0. The smallest absolute Gasteiger partial charge is 0.334 e. The van der Waals surface area contributed by atoms with Crippen molar-refractivity contribution >= 4 is 17.7 Å². The molecule has 147 valence electrons. The maximum absolute atomic E-state index is 11.1. The molecule has 10 heteroatoms. The predicted molar refractivity (Wildman–Crippen MR) is 91.4 cm³/mol. The summed E-state index contributed by atoms with van der Waals surface area (Å²) in [5.74, 6) is -1.88. The van der Waals surface area contributed by atoms with Crippen molar-refractivity contribution in [1.82, 2.24) is 0 Å². The van der Waals surface area contributed by atoms with E-state index < -0.39 is 54.3 Å². The Hall–Kier alpha value is 0.684. The third kappa shape index (κ3) is 9.44. The quantitative estimate of drug-likeness (QED) is 0.370. The monoisotopic (exact) mass is 456 g/mol. The summed E-state index contributed by atoms with van der Waals surface area (Å²) < 4.78 is 5.28. The van der Waals surface area contributed by atoms with Gasteiger partial charge in [0.05, 0.1) is 18.8 Å². The van der Waals surface area contributed by atoms with Gasteiger partial charge in [0.2, 0.25) is 0 Å². The average molecular weight is 456 g/mol. The standard InChI is InChI=1S/C11H19O7S.C4H10N.Y/c1-4-6(14)10(19-2)9(11(16)17)18-8(4)7(15)5(13)3-12;1-4(2,3)5;/h4-10,12-15H,2-3H2,1H3,(H,16,17);5H,1-3H3;/q2*-1;/t4?,5-,6-,7-,8?,9-,10-;;/m1../s1. The second-order valence-corrected chi connectivity index (χ2v) is 7.71. The predicted octanol–water partition coefficient (Wildman–Crippen LogP) is 0.277. The summed E-state index contributed by atoms with van der Waals surface area (Å²) >= 11 is 0.923. The first kappa shape index (κ1) is 27.9. The Morgan fingerprint density at radius 2 is 1.80 bits per heavy atom. The number of carboxylic acid groups (broad SMARTS) is 1. The van der Waals surface area contributed by atoms with Gasteiger partial charge in [0, 0.05) is 43.9 Å². The number of aliphatic hydroxyl groups excluding tert-OH is 4. The molecule has 6 N–H and O–H groups in total. The number of aliphatic hydroxyl groups is 4. The van der Waals surface area contributed by atoms with Gasteiger partial charge in [0.15, 0.2) is 6.10 Å². The number of aliphatic carboxylic acids is 1. The zero-order valence-corrected chi connectivity index (χ0v) is 18.6. The van der Waals surface area contributed by atoms with Gasteiger partial charge in [-0.3, -0.25) is 6.26 Å². The molecular formula is C15H29NO7SY-2. The fourth-order valence-corrected chi connectivity index (χ4v) is 2.95. The summed E-state index contributed by atoms with van der Waals surface area (Å²) in [6.07, 6.45) is -2.90. The van der Waals surface area contributed by atoms with Gasteiger partial charge in [0.25, 0.3) is 0 Å². The minimum atomic E-state index is -1.48. The van der Waals surface area contributed by atoms with E-state index in [1.54, 1.807) is 6.92 Å². The number of nitrogens with one attached hydrogen (secondary N) is 1. The molecule has 1 rings (SSSR count). The van der Waals surface area contributed by atoms with E-state index in [4.69, 9.17) is 20.7 Å². The molecule has 25 heavy (non-hydrogen) atoms. The largest absolute Gasteiger partial charge is 0.673 e. The summed E-state index contributed by atoms with van der Waals surface area (Å²) in [6, 6.07) is 0. The van der Waals surface area contributed by atoms with Gasteiger partial charge in [-0.2, -0.15) is 0 Å². The fourth-order valence-electron chi connectivity index (χ4n) is 2.15. The first-order valence-electron chi connectivity index (χ1n) is 7.54. The van der Waals surface area contributed by atoms with Gasteiger partial charge < -0.3 is 47.8 Å². The van der Waals surface area contributed by atoms with Crippen molar-refractivity contribution in [2.45, 2.75) is 69.0 Å². The van der Waals surface area contributed by atoms with Crippen LogP contribution in [0.5, 0.6) is 0 Å². The molecule has 8 nitrogen and oxygen atoms in total. The maximum Gasteiger partial charge on any atom is 0.334 e. The minimum absolute atomic E-state index is 0. The van der Waals surface area contributed by atoms with Crippen molar-refractivity contribution < 1.29 is 67.8 Å². The van der Waals surface area contributed by atoms with Crippen LogP contribution in [0.2, 0.25) is 0 Å². The van der Waals surface area contributed by atoms with Crippen molar-refractivity contribution in [1.29, 1.82) is 0 Å². The SMILES string of the molecule is CC(C)(C)[NH-].[CH2-]S[C@@H]1[C@H](O)C(C)C([C@H](O)[C@H](O)CO)O[C@H]1C(=O)O.[Y]. The number of ether oxygens (including phenoxy) is 1. The number of carbonyl (C=O) groups is 1. The van der Waals surface area contributed by atoms with Crippen molar-refractivity contribution in [3.63, 3.8) is 0 Å². The van der Waals surface area contributed by atoms with E-state index in [0.29, 0.717) is 0 Å². The molecular weight excluding hydrogens is 427 g/mol. The molecule has 1 aliphatic rings. The van der Waals surface area contributed by atoms with Crippen LogP contribution >= 0.6 is 11.8 Å². The molecule has 0 aromatic heterocycles. The van der Waals surface area contributed by atoms with Gasteiger partial charge in [-0.25, -0.2) is 4.79 Å². The van der Waals surface area contributed by atoms with Gasteiger partial charge >= 0.3 is 5.97 Å². The van der Waals surface area contributed by atoms with Crippen LogP contribution in [0.3, 0.4) is 0 Å². The Balaban J connectivity index is 0. The van der Waals surface area contributed by atoms with Crippen LogP contribution in [0.15, 0.2) is 0 Å². The summed E-state index contributed by atoms with van der Waals surface area (Å²) in [5.41, 5.74) is 6.69. The van der Waals surface area contributed by atoms with Crippen LogP contribution < -0.4 is 0 Å². The summed E-state index contributed by atoms with van der Waals surface area (Å²) in [5, 5.41) is 46.4. The second-order valence-electron chi connectivity index (χ2n) is 6.83. The molecule has 1 radical (unpaired) electrons. The number of thioether (sulfide) groups is 1. The maximum atomic E-state index is 11.1. The van der Waals surface area contributed by atoms with E-state index >= 15 is 0 Å². The van der Waals surface area contributed by atoms with E-state index in [2.05, 4.69) is 6.26 Å². The Kier molecular flexibility index (Phi) is 13.6. The van der Waals surface area contributed by atoms with Crippen molar-refractivity contribution in [2.75, 3.05) is 6.61 Å². The topological polar surface area (TPSA) is 151 Å². The van der Waals surface area contributed by atoms with E-state index in [9.17, 15) is 20.1 Å². The Morgan fingerprint density at radius 3 is 2.12 bits per heavy atom. The number of carboxylic acids is 1. The number of rotatable bonds is 5. The normalized spacial score (nSPS) is 31.8. The second kappa shape index (κ2) is 12.2. The average Bonchev–Trinajstić information content (AvgIpc) is 2.46. The van der Waals surface area contributed by atoms with Crippen LogP contribution in [-0.4, -0.2) is 79.4 Å². The number of hydrogen-bond acceptors (Lipinski definition) is 7. The summed E-state index contributed by atoms with van der Waals surface area (Å²) in [7, 11) is 0. The third-order valence-electron chi connectivity index (χ3n) is 3.35. The van der Waals surface area contributed by atoms with Crippen LogP contribution in [0.1, 0.15) is 27.7 Å². The molecule has 1 saturated heterocycles. The van der Waals surface area contributed by atoms with Gasteiger partial charge in [0.1, 0.15) is 12.2 Å². The first-order valence-corrected chi connectivity index (χ1v) is 8.59. The molecule has 7 atom stereocenters. The van der Waals surface area contributed by atoms with Gasteiger partial charge in [-0.15, -0.1) is 5.54 Å². The molecule has 2 unspecified atom stereocenters. The summed E-state index contributed by atoms with van der Waals surface area (Å²) in [6.45, 7) is 6.45. The molecule has 1 fully saturated rings. The van der Waals surface area contributed by atoms with Crippen molar-refractivity contribution in [3.8, 4) is 0 Å². The summed E-state index contributed by atoms with van der Waals surface area (Å²) in [4.78, 5) is 11.1. The van der Waals surface area contributed by atoms with Crippen LogP contribution in [0.25, 0.3) is 5.73 Å². The van der Waals surface area contributed by atoms with Crippen LogP contribution in [-0.2, 0) is 42.2 Å². The molecule has 0 aliphatic carbocycles. The Morgan fingerprint density at radius 1 is 1.36 bits per heavy atom. The molecule has 0 aromatic carbocycles. The zero-order chi connectivity index (χ0) is 19.2. The fraction of sp³-hybridized carbons (Fsp3) is 0.867. The van der Waals surface area contributed by atoms with E-state index in [1.807, 2.05) is 20.8 Å². The van der Waals surface area contributed by atoms with Crippen LogP contribution in [0, 0.1) is 12.2 Å². The van der Waals surface area contributed by atoms with Crippen LogP contribution in [0.4, 0.5) is 0 Å². The minimum Gasteiger partial charge on any atom is -0.673 e. The van der Waals surface area contributed by atoms with E-state index in [0.717, 1.165) is 11.8 Å². The molecule has 0 spiro atoms. The Bertz CT molecular complexity index is 391. The molecule has 0 bridgehead atoms. The third-order valence-corrected chi connectivity index (χ3v) is 4.26.